The summed E-state index contributed by atoms with van der Waals surface area (Å²) in [5, 5.41) is 6.45. The van der Waals surface area contributed by atoms with Crippen molar-refractivity contribution in [3.05, 3.63) is 29.8 Å². The molecule has 27 heavy (non-hydrogen) atoms. The van der Waals surface area contributed by atoms with E-state index in [0.29, 0.717) is 12.5 Å². The van der Waals surface area contributed by atoms with Crippen LogP contribution in [0, 0.1) is 0 Å². The van der Waals surface area contributed by atoms with Gasteiger partial charge in [0.1, 0.15) is 0 Å². The van der Waals surface area contributed by atoms with Crippen molar-refractivity contribution < 1.29 is 13.2 Å². The Morgan fingerprint density at radius 1 is 1.11 bits per heavy atom. The van der Waals surface area contributed by atoms with Crippen molar-refractivity contribution in [2.45, 2.75) is 37.6 Å². The molecule has 0 aliphatic rings. The van der Waals surface area contributed by atoms with Gasteiger partial charge in [-0.15, -0.1) is 24.0 Å². The van der Waals surface area contributed by atoms with Crippen LogP contribution >= 0.6 is 24.0 Å². The molecule has 0 aliphatic heterocycles. The third-order valence-electron chi connectivity index (χ3n) is 3.79. The van der Waals surface area contributed by atoms with Crippen molar-refractivity contribution in [1.29, 1.82) is 0 Å². The van der Waals surface area contributed by atoms with Crippen LogP contribution in [0.1, 0.15) is 31.7 Å². The van der Waals surface area contributed by atoms with E-state index in [1.54, 1.807) is 31.3 Å². The molecule has 0 fully saturated rings. The van der Waals surface area contributed by atoms with Crippen LogP contribution in [0.5, 0.6) is 0 Å². The molecule has 7 nitrogen and oxygen atoms in total. The number of nitrogens with zero attached hydrogens (tertiary/aromatic N) is 2. The molecular formula is C18H33IN4O3S. The molecule has 0 atom stereocenters. The number of nitrogens with one attached hydrogen (secondary N) is 2. The summed E-state index contributed by atoms with van der Waals surface area (Å²) >= 11 is 0. The first-order chi connectivity index (χ1) is 12.4. The topological polar surface area (TPSA) is 83.0 Å². The molecule has 0 saturated carbocycles. The SMILES string of the molecule is CCCCOCCCNC(=NC)NCc1ccc(S(=O)(=O)N(C)C)cc1.I. The lowest BCUT2D eigenvalue weighted by Gasteiger charge is -2.13. The largest absolute Gasteiger partial charge is 0.381 e. The van der Waals surface area contributed by atoms with Crippen LogP contribution in [0.4, 0.5) is 0 Å². The zero-order chi connectivity index (χ0) is 19.4. The van der Waals surface area contributed by atoms with Crippen LogP contribution in [-0.4, -0.2) is 59.6 Å². The van der Waals surface area contributed by atoms with Gasteiger partial charge in [-0.2, -0.15) is 0 Å². The first-order valence-electron chi connectivity index (χ1n) is 8.95. The van der Waals surface area contributed by atoms with E-state index in [1.807, 2.05) is 0 Å². The Bertz CT molecular complexity index is 649. The Labute approximate surface area is 181 Å². The van der Waals surface area contributed by atoms with Crippen molar-refractivity contribution in [3.63, 3.8) is 0 Å². The highest BCUT2D eigenvalue weighted by atomic mass is 127. The average molecular weight is 512 g/mol. The predicted octanol–water partition coefficient (Wildman–Crippen LogP) is 2.43. The predicted molar refractivity (Wildman–Crippen MR) is 121 cm³/mol. The minimum atomic E-state index is -3.39. The molecule has 1 aromatic rings. The van der Waals surface area contributed by atoms with E-state index < -0.39 is 10.0 Å². The van der Waals surface area contributed by atoms with Crippen molar-refractivity contribution in [3.8, 4) is 0 Å². The van der Waals surface area contributed by atoms with Crippen LogP contribution < -0.4 is 10.6 Å². The average Bonchev–Trinajstić information content (AvgIpc) is 2.63. The molecule has 0 saturated heterocycles. The van der Waals surface area contributed by atoms with E-state index in [0.717, 1.165) is 44.6 Å². The number of benzene rings is 1. The summed E-state index contributed by atoms with van der Waals surface area (Å²) in [6, 6.07) is 6.85. The highest BCUT2D eigenvalue weighted by Gasteiger charge is 2.16. The fraction of sp³-hybridized carbons (Fsp3) is 0.611. The molecular weight excluding hydrogens is 479 g/mol. The Morgan fingerprint density at radius 3 is 2.30 bits per heavy atom. The Hall–Kier alpha value is -0.910. The van der Waals surface area contributed by atoms with Gasteiger partial charge in [-0.3, -0.25) is 4.99 Å². The Morgan fingerprint density at radius 2 is 1.74 bits per heavy atom. The lowest BCUT2D eigenvalue weighted by Crippen LogP contribution is -2.37. The van der Waals surface area contributed by atoms with Gasteiger partial charge in [-0.25, -0.2) is 12.7 Å². The van der Waals surface area contributed by atoms with Gasteiger partial charge in [-0.05, 0) is 30.5 Å². The van der Waals surface area contributed by atoms with E-state index in [-0.39, 0.29) is 28.9 Å². The van der Waals surface area contributed by atoms with E-state index >= 15 is 0 Å². The fourth-order valence-corrected chi connectivity index (χ4v) is 3.03. The van der Waals surface area contributed by atoms with Crippen LogP contribution in [0.25, 0.3) is 0 Å². The summed E-state index contributed by atoms with van der Waals surface area (Å²) in [5.74, 6) is 0.712. The molecule has 0 aliphatic carbocycles. The van der Waals surface area contributed by atoms with Crippen LogP contribution in [0.2, 0.25) is 0 Å². The summed E-state index contributed by atoms with van der Waals surface area (Å²) in [5.41, 5.74) is 0.980. The second kappa shape index (κ2) is 14.1. The summed E-state index contributed by atoms with van der Waals surface area (Å²) in [7, 11) is 1.38. The monoisotopic (exact) mass is 512 g/mol. The van der Waals surface area contributed by atoms with Crippen molar-refractivity contribution in [2.24, 2.45) is 4.99 Å². The first-order valence-corrected chi connectivity index (χ1v) is 10.4. The van der Waals surface area contributed by atoms with Gasteiger partial charge in [0.15, 0.2) is 5.96 Å². The third-order valence-corrected chi connectivity index (χ3v) is 5.61. The van der Waals surface area contributed by atoms with Crippen molar-refractivity contribution in [1.82, 2.24) is 14.9 Å². The van der Waals surface area contributed by atoms with Crippen LogP contribution in [-0.2, 0) is 21.3 Å². The van der Waals surface area contributed by atoms with Gasteiger partial charge in [0.05, 0.1) is 4.90 Å². The zero-order valence-electron chi connectivity index (χ0n) is 16.7. The molecule has 0 bridgehead atoms. The number of halogens is 1. The quantitative estimate of drug-likeness (QED) is 0.206. The lowest BCUT2D eigenvalue weighted by molar-refractivity contribution is 0.129. The number of rotatable bonds is 11. The van der Waals surface area contributed by atoms with Gasteiger partial charge in [0, 0.05) is 47.4 Å². The van der Waals surface area contributed by atoms with E-state index in [4.69, 9.17) is 4.74 Å². The molecule has 2 N–H and O–H groups in total. The maximum Gasteiger partial charge on any atom is 0.242 e. The minimum absolute atomic E-state index is 0. The van der Waals surface area contributed by atoms with Crippen LogP contribution in [0.15, 0.2) is 34.2 Å². The molecule has 0 spiro atoms. The fourth-order valence-electron chi connectivity index (χ4n) is 2.13. The van der Waals surface area contributed by atoms with Gasteiger partial charge in [-0.1, -0.05) is 25.5 Å². The van der Waals surface area contributed by atoms with Gasteiger partial charge < -0.3 is 15.4 Å². The third kappa shape index (κ3) is 9.72. The highest BCUT2D eigenvalue weighted by molar-refractivity contribution is 14.0. The summed E-state index contributed by atoms with van der Waals surface area (Å²) in [6.45, 7) is 5.06. The van der Waals surface area contributed by atoms with Gasteiger partial charge in [0.2, 0.25) is 10.0 Å². The summed E-state index contributed by atoms with van der Waals surface area (Å²) in [6.07, 6.45) is 3.17. The first kappa shape index (κ1) is 26.1. The number of ether oxygens (including phenoxy) is 1. The van der Waals surface area contributed by atoms with E-state index in [1.165, 1.54) is 18.4 Å². The Balaban J connectivity index is 0.00000676. The zero-order valence-corrected chi connectivity index (χ0v) is 19.8. The van der Waals surface area contributed by atoms with Gasteiger partial charge >= 0.3 is 0 Å². The molecule has 0 aromatic heterocycles. The molecule has 0 amide bonds. The highest BCUT2D eigenvalue weighted by Crippen LogP contribution is 2.13. The second-order valence-electron chi connectivity index (χ2n) is 6.10. The molecule has 0 unspecified atom stereocenters. The number of unbranched alkanes of at least 4 members (excludes halogenated alkanes) is 1. The number of hydrogen-bond donors (Lipinski definition) is 2. The maximum absolute atomic E-state index is 12.1. The molecule has 0 radical (unpaired) electrons. The number of guanidine groups is 1. The molecule has 1 rings (SSSR count). The van der Waals surface area contributed by atoms with E-state index in [2.05, 4.69) is 22.5 Å². The minimum Gasteiger partial charge on any atom is -0.381 e. The molecule has 9 heteroatoms. The van der Waals surface area contributed by atoms with E-state index in [9.17, 15) is 8.42 Å². The smallest absolute Gasteiger partial charge is 0.242 e. The maximum atomic E-state index is 12.1. The van der Waals surface area contributed by atoms with Gasteiger partial charge in [0.25, 0.3) is 0 Å². The molecule has 156 valence electrons. The lowest BCUT2D eigenvalue weighted by atomic mass is 10.2. The summed E-state index contributed by atoms with van der Waals surface area (Å²) in [4.78, 5) is 4.47. The molecule has 1 aromatic carbocycles. The van der Waals surface area contributed by atoms with Crippen LogP contribution in [0.3, 0.4) is 0 Å². The second-order valence-corrected chi connectivity index (χ2v) is 8.26. The Kier molecular flexibility index (Phi) is 13.7. The number of hydrogen-bond acceptors (Lipinski definition) is 4. The molecule has 0 heterocycles. The van der Waals surface area contributed by atoms with Crippen molar-refractivity contribution >= 4 is 40.0 Å². The number of sulfonamides is 1. The standard InChI is InChI=1S/C18H32N4O3S.HI/c1-5-6-13-25-14-7-12-20-18(19-2)21-15-16-8-10-17(11-9-16)26(23,24)22(3)4;/h8-11H,5-7,12-15H2,1-4H3,(H2,19,20,21);1H. The summed E-state index contributed by atoms with van der Waals surface area (Å²) < 4.78 is 30.8. The number of aliphatic imine (C=N–C) groups is 1. The van der Waals surface area contributed by atoms with Crippen molar-refractivity contribution in [2.75, 3.05) is 40.9 Å². The normalized spacial score (nSPS) is 12.0.